The lowest BCUT2D eigenvalue weighted by Crippen LogP contribution is -2.30. The Hall–Kier alpha value is -3.67. The van der Waals surface area contributed by atoms with E-state index in [-0.39, 0.29) is 31.1 Å². The van der Waals surface area contributed by atoms with Crippen LogP contribution in [0.3, 0.4) is 0 Å². The molecule has 6 nitrogen and oxygen atoms in total. The number of rotatable bonds is 53. The highest BCUT2D eigenvalue weighted by atomic mass is 16.6. The number of carbonyl (C=O) groups is 3. The molecule has 0 heterocycles. The van der Waals surface area contributed by atoms with Crippen molar-refractivity contribution < 1.29 is 28.6 Å². The van der Waals surface area contributed by atoms with Crippen molar-refractivity contribution >= 4 is 17.9 Å². The van der Waals surface area contributed by atoms with Gasteiger partial charge in [0.25, 0.3) is 0 Å². The molecular formula is C65H110O6. The number of unbranched alkanes of at least 4 members (excludes halogenated alkanes) is 26. The van der Waals surface area contributed by atoms with Crippen molar-refractivity contribution in [2.75, 3.05) is 13.2 Å². The maximum absolute atomic E-state index is 12.8. The summed E-state index contributed by atoms with van der Waals surface area (Å²) in [6, 6.07) is 0. The van der Waals surface area contributed by atoms with Gasteiger partial charge in [-0.05, 0) is 103 Å². The smallest absolute Gasteiger partial charge is 0.306 e. The third-order valence-electron chi connectivity index (χ3n) is 12.6. The van der Waals surface area contributed by atoms with E-state index in [2.05, 4.69) is 118 Å². The van der Waals surface area contributed by atoms with Crippen LogP contribution in [0.4, 0.5) is 0 Å². The second kappa shape index (κ2) is 58.9. The van der Waals surface area contributed by atoms with E-state index in [9.17, 15) is 14.4 Å². The summed E-state index contributed by atoms with van der Waals surface area (Å²) in [6.07, 6.45) is 78.7. The van der Waals surface area contributed by atoms with E-state index in [1.807, 2.05) is 0 Å². The molecule has 0 saturated heterocycles. The van der Waals surface area contributed by atoms with Crippen molar-refractivity contribution in [2.24, 2.45) is 0 Å². The molecule has 0 amide bonds. The maximum Gasteiger partial charge on any atom is 0.306 e. The molecule has 1 atom stereocenters. The first kappa shape index (κ1) is 67.3. The van der Waals surface area contributed by atoms with Gasteiger partial charge in [0.1, 0.15) is 13.2 Å². The zero-order valence-electron chi connectivity index (χ0n) is 46.5. The van der Waals surface area contributed by atoms with Crippen LogP contribution >= 0.6 is 0 Å². The summed E-state index contributed by atoms with van der Waals surface area (Å²) in [7, 11) is 0. The summed E-state index contributed by atoms with van der Waals surface area (Å²) in [5.41, 5.74) is 0. The number of allylic oxidation sites excluding steroid dienone is 16. The molecule has 6 heteroatoms. The first-order valence-corrected chi connectivity index (χ1v) is 29.7. The zero-order chi connectivity index (χ0) is 51.4. The summed E-state index contributed by atoms with van der Waals surface area (Å²) in [5, 5.41) is 0. The number of hydrogen-bond donors (Lipinski definition) is 0. The summed E-state index contributed by atoms with van der Waals surface area (Å²) < 4.78 is 16.7. The molecule has 0 aromatic rings. The van der Waals surface area contributed by atoms with Crippen molar-refractivity contribution in [3.05, 3.63) is 97.2 Å². The number of esters is 3. The largest absolute Gasteiger partial charge is 0.462 e. The Bertz CT molecular complexity index is 1410. The summed E-state index contributed by atoms with van der Waals surface area (Å²) in [5.74, 6) is -0.899. The Kier molecular flexibility index (Phi) is 55.9. The topological polar surface area (TPSA) is 78.9 Å². The molecule has 0 N–H and O–H groups in total. The predicted octanol–water partition coefficient (Wildman–Crippen LogP) is 20.1. The molecule has 71 heavy (non-hydrogen) atoms. The van der Waals surface area contributed by atoms with Crippen LogP contribution in [0.15, 0.2) is 97.2 Å². The van der Waals surface area contributed by atoms with Crippen molar-refractivity contribution in [1.82, 2.24) is 0 Å². The Morgan fingerprint density at radius 3 is 0.887 bits per heavy atom. The first-order chi connectivity index (χ1) is 35.0. The summed E-state index contributed by atoms with van der Waals surface area (Å²) in [4.78, 5) is 37.8. The molecule has 0 aliphatic carbocycles. The van der Waals surface area contributed by atoms with Crippen LogP contribution in [-0.4, -0.2) is 37.2 Å². The fourth-order valence-electron chi connectivity index (χ4n) is 8.12. The maximum atomic E-state index is 12.8. The highest BCUT2D eigenvalue weighted by Gasteiger charge is 2.19. The van der Waals surface area contributed by atoms with Crippen LogP contribution in [0.1, 0.15) is 278 Å². The van der Waals surface area contributed by atoms with E-state index in [1.165, 1.54) is 128 Å². The van der Waals surface area contributed by atoms with Crippen molar-refractivity contribution in [1.29, 1.82) is 0 Å². The second-order valence-electron chi connectivity index (χ2n) is 19.5. The Morgan fingerprint density at radius 1 is 0.296 bits per heavy atom. The Morgan fingerprint density at radius 2 is 0.549 bits per heavy atom. The molecule has 0 spiro atoms. The second-order valence-corrected chi connectivity index (χ2v) is 19.5. The zero-order valence-corrected chi connectivity index (χ0v) is 46.5. The van der Waals surface area contributed by atoms with Crippen molar-refractivity contribution in [2.45, 2.75) is 284 Å². The average Bonchev–Trinajstić information content (AvgIpc) is 3.37. The SMILES string of the molecule is CC/C=C\C/C=C\C/C=C\C/C=C\C/C=C\C/C=C\CCCCCCCCCCCCC(=O)OCC(COC(=O)CCCCCCC)OC(=O)CCCCCCCCCCC/C=C\C/C=C\CCCCC. The third-order valence-corrected chi connectivity index (χ3v) is 12.6. The molecule has 0 aliphatic heterocycles. The molecule has 0 bridgehead atoms. The van der Waals surface area contributed by atoms with Crippen LogP contribution in [0.2, 0.25) is 0 Å². The highest BCUT2D eigenvalue weighted by molar-refractivity contribution is 5.71. The van der Waals surface area contributed by atoms with Gasteiger partial charge in [0, 0.05) is 19.3 Å². The van der Waals surface area contributed by atoms with Crippen molar-refractivity contribution in [3.8, 4) is 0 Å². The fraction of sp³-hybridized carbons (Fsp3) is 0.708. The molecule has 0 saturated carbocycles. The molecule has 0 rings (SSSR count). The van der Waals surface area contributed by atoms with Gasteiger partial charge in [-0.3, -0.25) is 14.4 Å². The van der Waals surface area contributed by atoms with Gasteiger partial charge in [0.2, 0.25) is 0 Å². The van der Waals surface area contributed by atoms with Gasteiger partial charge in [-0.2, -0.15) is 0 Å². The molecule has 0 radical (unpaired) electrons. The normalized spacial score (nSPS) is 12.8. The van der Waals surface area contributed by atoms with Crippen LogP contribution in [0.25, 0.3) is 0 Å². The minimum Gasteiger partial charge on any atom is -0.462 e. The molecule has 1 unspecified atom stereocenters. The molecule has 0 aromatic heterocycles. The number of carbonyl (C=O) groups excluding carboxylic acids is 3. The van der Waals surface area contributed by atoms with Crippen LogP contribution in [0.5, 0.6) is 0 Å². The Labute approximate surface area is 438 Å². The van der Waals surface area contributed by atoms with Gasteiger partial charge >= 0.3 is 17.9 Å². The van der Waals surface area contributed by atoms with Gasteiger partial charge in [0.05, 0.1) is 0 Å². The van der Waals surface area contributed by atoms with Crippen LogP contribution in [0, 0.1) is 0 Å². The number of ether oxygens (including phenoxy) is 3. The van der Waals surface area contributed by atoms with Gasteiger partial charge in [0.15, 0.2) is 6.10 Å². The van der Waals surface area contributed by atoms with Gasteiger partial charge < -0.3 is 14.2 Å². The quantitative estimate of drug-likeness (QED) is 0.0261. The van der Waals surface area contributed by atoms with E-state index in [0.717, 1.165) is 109 Å². The molecule has 406 valence electrons. The third kappa shape index (κ3) is 57.1. The molecule has 0 aliphatic rings. The van der Waals surface area contributed by atoms with E-state index in [4.69, 9.17) is 14.2 Å². The first-order valence-electron chi connectivity index (χ1n) is 29.7. The van der Waals surface area contributed by atoms with E-state index in [0.29, 0.717) is 19.3 Å². The predicted molar refractivity (Wildman–Crippen MR) is 307 cm³/mol. The summed E-state index contributed by atoms with van der Waals surface area (Å²) >= 11 is 0. The highest BCUT2D eigenvalue weighted by Crippen LogP contribution is 2.15. The lowest BCUT2D eigenvalue weighted by atomic mass is 10.1. The van der Waals surface area contributed by atoms with E-state index >= 15 is 0 Å². The molecule has 0 fully saturated rings. The van der Waals surface area contributed by atoms with Gasteiger partial charge in [-0.25, -0.2) is 0 Å². The summed E-state index contributed by atoms with van der Waals surface area (Å²) in [6.45, 7) is 6.42. The Balaban J connectivity index is 4.08. The minimum atomic E-state index is -0.778. The van der Waals surface area contributed by atoms with Crippen LogP contribution < -0.4 is 0 Å². The molecule has 0 aromatic carbocycles. The average molecular weight is 988 g/mol. The number of hydrogen-bond acceptors (Lipinski definition) is 6. The molecular weight excluding hydrogens is 877 g/mol. The lowest BCUT2D eigenvalue weighted by Gasteiger charge is -2.18. The van der Waals surface area contributed by atoms with Crippen molar-refractivity contribution in [3.63, 3.8) is 0 Å². The monoisotopic (exact) mass is 987 g/mol. The van der Waals surface area contributed by atoms with Gasteiger partial charge in [-0.1, -0.05) is 253 Å². The minimum absolute atomic E-state index is 0.0802. The standard InChI is InChI=1S/C65H110O6/c1-4-7-10-13-15-17-19-21-23-25-27-28-29-30-31-32-33-34-35-36-38-39-41-43-45-47-49-52-55-58-64(67)70-61-62(60-69-63(66)57-54-51-12-9-6-3)71-65(68)59-56-53-50-48-46-44-42-40-37-26-24-22-20-18-16-14-11-8-5-2/h7,10,15-18,21-24,27-28,30-31,33-34,62H,4-6,8-9,11-14,19-20,25-26,29,32,35-61H2,1-3H3/b10-7-,17-15-,18-16-,23-21-,24-22-,28-27-,31-30-,34-33-. The van der Waals surface area contributed by atoms with E-state index in [1.54, 1.807) is 0 Å². The lowest BCUT2D eigenvalue weighted by molar-refractivity contribution is -0.167. The van der Waals surface area contributed by atoms with Gasteiger partial charge in [-0.15, -0.1) is 0 Å². The fourth-order valence-corrected chi connectivity index (χ4v) is 8.12. The van der Waals surface area contributed by atoms with Crippen LogP contribution in [-0.2, 0) is 28.6 Å². The van der Waals surface area contributed by atoms with E-state index < -0.39 is 6.10 Å².